The van der Waals surface area contributed by atoms with E-state index < -0.39 is 185 Å². The largest absolute Gasteiger partial charge is 0.523 e. The van der Waals surface area contributed by atoms with Crippen molar-refractivity contribution in [2.75, 3.05) is 39.9 Å². The van der Waals surface area contributed by atoms with Crippen LogP contribution < -0.4 is 62.2 Å². The van der Waals surface area contributed by atoms with Crippen molar-refractivity contribution in [1.82, 2.24) is 0 Å². The SMILES string of the molecule is C.C.COC.C[SiH]1CO[Si]2(c3ccccc3)O[Si]3(CCO)O[SiH](c4ccccc4)O[Si]4(c5ccccc5)O[Si](c5ccccc5)(O1)O[Si](c1ccccc1)(O2)O[Si](c1ccccc1)(O3)O4.C[Si]12CO[Si]3(c4ccccc4)O[Si]4(CCOS(=O)(=O)C(F)(F)F)O[Si](c5ccccc5)(O1)O[Si]1(c5ccccc5)O[Si](c5ccccc5)(O2)O[Si](c2ccccc2)(O3)O[Si](c2ccccc2)(O4)O1.O.O=S(=O)(O)C(F)(F)F.[2HH]. The molecule has 0 aromatic heterocycles. The minimum absolute atomic E-state index is 0. The first-order valence-electron chi connectivity index (χ1n) is 43.1. The molecule has 10 aliphatic heterocycles. The molecule has 10 fully saturated rings. The van der Waals surface area contributed by atoms with Crippen LogP contribution in [-0.4, -0.2) is 224 Å². The van der Waals surface area contributed by atoms with Crippen LogP contribution in [0.2, 0.25) is 25.2 Å². The predicted molar refractivity (Wildman–Crippen MR) is 542 cm³/mol. The van der Waals surface area contributed by atoms with Gasteiger partial charge in [-0.05, 0) is 18.3 Å². The monoisotopic (exact) mass is 2270 g/mol. The Bertz CT molecular complexity index is 6490. The van der Waals surface area contributed by atoms with Crippen LogP contribution in [0.3, 0.4) is 0 Å². The van der Waals surface area contributed by atoms with E-state index in [1.54, 1.807) is 166 Å². The molecular formula is C86H100F6O32S2Si16. The molecule has 12 aromatic carbocycles. The van der Waals surface area contributed by atoms with E-state index in [2.05, 4.69) is 4.74 Å². The Kier molecular flexibility index (Phi) is 32.9. The van der Waals surface area contributed by atoms with Crippen LogP contribution in [0.4, 0.5) is 26.3 Å². The molecule has 14 bridgehead atoms. The number of aliphatic hydroxyl groups is 1. The molecule has 0 radical (unpaired) electrons. The average Bonchev–Trinajstić information content (AvgIpc) is 1.62. The lowest BCUT2D eigenvalue weighted by atomic mass is 10.4. The van der Waals surface area contributed by atoms with Crippen molar-refractivity contribution in [3.63, 3.8) is 0 Å². The summed E-state index contributed by atoms with van der Waals surface area (Å²) in [6, 6.07) is 110. The minimum Gasteiger partial charge on any atom is -0.414 e. The number of ether oxygens (including phenoxy) is 1. The number of hydrogen-bond acceptors (Lipinski definition) is 30. The Balaban J connectivity index is 0.000000201. The van der Waals surface area contributed by atoms with Crippen LogP contribution in [0.1, 0.15) is 16.3 Å². The number of alkyl halides is 6. The molecule has 56 heteroatoms. The molecule has 16 atom stereocenters. The van der Waals surface area contributed by atoms with Gasteiger partial charge in [-0.3, -0.25) is 8.74 Å². The molecule has 32 nitrogen and oxygen atoms in total. The van der Waals surface area contributed by atoms with Gasteiger partial charge in [0.2, 0.25) is 0 Å². The summed E-state index contributed by atoms with van der Waals surface area (Å²) in [4.78, 5) is 0. The summed E-state index contributed by atoms with van der Waals surface area (Å²) in [5.41, 5.74) is -11.3. The number of methoxy groups -OCH3 is 1. The van der Waals surface area contributed by atoms with E-state index in [0.29, 0.717) is 57.1 Å². The van der Waals surface area contributed by atoms with Gasteiger partial charge in [0, 0.05) is 91.4 Å². The van der Waals surface area contributed by atoms with E-state index in [9.17, 15) is 39.9 Å². The van der Waals surface area contributed by atoms with Crippen molar-refractivity contribution in [2.45, 2.75) is 51.1 Å². The molecular weight excluding hydrogens is 2170 g/mol. The molecule has 142 heavy (non-hydrogen) atoms. The van der Waals surface area contributed by atoms with E-state index >= 15 is 0 Å². The van der Waals surface area contributed by atoms with E-state index in [0.717, 1.165) is 5.19 Å². The zero-order chi connectivity index (χ0) is 97.4. The lowest BCUT2D eigenvalue weighted by Crippen LogP contribution is -2.91. The van der Waals surface area contributed by atoms with Crippen LogP contribution in [0.15, 0.2) is 364 Å². The maximum absolute atomic E-state index is 14.0. The van der Waals surface area contributed by atoms with Crippen molar-refractivity contribution in [3.05, 3.63) is 364 Å². The van der Waals surface area contributed by atoms with Gasteiger partial charge in [-0.15, -0.1) is 0 Å². The second-order valence-corrected chi connectivity index (χ2v) is 81.5. The quantitative estimate of drug-likeness (QED) is 0.0352. The number of rotatable bonds is 18. The van der Waals surface area contributed by atoms with E-state index in [-0.39, 0.29) is 46.9 Å². The molecule has 10 saturated heterocycles. The van der Waals surface area contributed by atoms with Gasteiger partial charge < -0.3 is 111 Å². The van der Waals surface area contributed by atoms with Crippen LogP contribution in [-0.2, 0) is 124 Å². The van der Waals surface area contributed by atoms with Gasteiger partial charge in [0.1, 0.15) is 0 Å². The van der Waals surface area contributed by atoms with Gasteiger partial charge in [0.05, 0.1) is 19.1 Å². The molecule has 22 rings (SSSR count). The van der Waals surface area contributed by atoms with Crippen molar-refractivity contribution < 1.29 is 164 Å². The zero-order valence-electron chi connectivity index (χ0n) is 74.4. The van der Waals surface area contributed by atoms with Crippen LogP contribution >= 0.6 is 0 Å². The van der Waals surface area contributed by atoms with Gasteiger partial charge in [-0.1, -0.05) is 379 Å². The predicted octanol–water partition coefficient (Wildman–Crippen LogP) is 5.50. The first-order chi connectivity index (χ1) is 66.5. The molecule has 10 aliphatic rings. The minimum atomic E-state index is -6.17. The fourth-order valence-electron chi connectivity index (χ4n) is 16.2. The Morgan fingerprint density at radius 3 is 0.852 bits per heavy atom. The van der Waals surface area contributed by atoms with Gasteiger partial charge in [0.25, 0.3) is 0 Å². The maximum atomic E-state index is 14.0. The van der Waals surface area contributed by atoms with Crippen molar-refractivity contribution in [3.8, 4) is 0 Å². The highest BCUT2D eigenvalue weighted by Gasteiger charge is 2.85. The Hall–Kier alpha value is -7.53. The summed E-state index contributed by atoms with van der Waals surface area (Å²) in [5.74, 6) is 0. The molecule has 0 saturated carbocycles. The Morgan fingerprint density at radius 1 is 0.324 bits per heavy atom. The highest BCUT2D eigenvalue weighted by atomic mass is 32.2. The van der Waals surface area contributed by atoms with Gasteiger partial charge in [0.15, 0.2) is 9.04 Å². The van der Waals surface area contributed by atoms with Crippen molar-refractivity contribution in [1.29, 1.82) is 0 Å². The number of aliphatic hydroxyl groups excluding tert-OH is 1. The van der Waals surface area contributed by atoms with Gasteiger partial charge >= 0.3 is 164 Å². The molecule has 10 heterocycles. The summed E-state index contributed by atoms with van der Waals surface area (Å²) < 4.78 is 310. The van der Waals surface area contributed by atoms with E-state index in [1.165, 1.54) is 0 Å². The number of benzene rings is 12. The topological polar surface area (TPSA) is 371 Å². The molecule has 0 aliphatic carbocycles. The highest BCUT2D eigenvalue weighted by Crippen LogP contribution is 2.50. The third kappa shape index (κ3) is 21.7. The second kappa shape index (κ2) is 43.0. The first kappa shape index (κ1) is 109. The lowest BCUT2D eigenvalue weighted by molar-refractivity contribution is -0.0543. The average molecular weight is 2270 g/mol. The number of hydrogen-bond donors (Lipinski definition) is 2. The number of fused-ring (bicyclic) bond motifs is 5. The first-order valence-corrected chi connectivity index (χ1v) is 75.3. The summed E-state index contributed by atoms with van der Waals surface area (Å²) in [5, 5.41) is 17.2. The molecule has 0 spiro atoms. The summed E-state index contributed by atoms with van der Waals surface area (Å²) in [6.07, 6.45) is -0.206. The Morgan fingerprint density at radius 2 is 0.549 bits per heavy atom. The second-order valence-electron chi connectivity index (χ2n) is 32.3. The fourth-order valence-corrected chi connectivity index (χ4v) is 102. The fraction of sp³-hybridized carbons (Fsp3) is 0.163. The van der Waals surface area contributed by atoms with Crippen molar-refractivity contribution in [2.24, 2.45) is 0 Å². The summed E-state index contributed by atoms with van der Waals surface area (Å²) >= 11 is 0. The lowest BCUT2D eigenvalue weighted by Gasteiger charge is -2.59. The normalized spacial score (nSPS) is 31.7. The maximum Gasteiger partial charge on any atom is 0.523 e. The third-order valence-electron chi connectivity index (χ3n) is 22.2. The van der Waals surface area contributed by atoms with E-state index in [4.69, 9.17) is 112 Å². The molecule has 0 amide bonds. The van der Waals surface area contributed by atoms with Gasteiger partial charge in [-0.2, -0.15) is 43.2 Å². The molecule has 754 valence electrons. The molecule has 4 N–H and O–H groups in total. The van der Waals surface area contributed by atoms with E-state index in [1.807, 2.05) is 225 Å². The third-order valence-corrected chi connectivity index (χ3v) is 88.9. The van der Waals surface area contributed by atoms with Gasteiger partial charge in [-0.25, -0.2) is 0 Å². The highest BCUT2D eigenvalue weighted by molar-refractivity contribution is 7.87. The van der Waals surface area contributed by atoms with Crippen LogP contribution in [0.5, 0.6) is 0 Å². The van der Waals surface area contributed by atoms with Crippen LogP contribution in [0, 0.1) is 0 Å². The van der Waals surface area contributed by atoms with Crippen LogP contribution in [0.25, 0.3) is 0 Å². The summed E-state index contributed by atoms with van der Waals surface area (Å²) in [6.45, 7) is 2.27. The smallest absolute Gasteiger partial charge is 0.414 e. The summed E-state index contributed by atoms with van der Waals surface area (Å²) in [7, 11) is -80.0. The molecule has 16 unspecified atom stereocenters. The standard InChI is InChI=1S/C41H39F3O15SSi8.C40H42O12Si8.C2H6O.CHF3O3S.2CH4.H2O.H2/c1-61-34-48-63(35-20-8-2-9-21-35)51-62(33-32-47-60(45,46)41(42,43)44)52-64(49-61,36-22-10-3-11-23-36)55-68(40-30-18-7-19-31-40)57-65(50-61,37-24-12-4-13-25-37)56-67(54-63,39-28-16-6-17-29-39)58-66(53-62,59-68)38-26-14-5-15-27-38;1-53-34-42-56(36-22-10-3-11-23-36)46-55(33-32-41)44-54(35-20-8-2-9-21-35)45-58(38-26-14-5-15-27-38)49-57(43-53,37-24-12-4-13-25-37)50-60(48-56,40-30-18-7-19-31-40)52-59(47-55,51-58)39-28-16-6-17-29-39;1-3-2;2-1(3,4)8(5,6)7;;;;/h2-31H,32-34H2,1H3;2-31,41,53-54H,32-34H2,1H3;1-2H3;(H,5,6,7);2*1H4;1H2;1H/i;;;;;;;1+1. The van der Waals surface area contributed by atoms with Crippen molar-refractivity contribution >= 4 is 224 Å². The Labute approximate surface area is 836 Å². The number of halogens is 6. The molecule has 12 aromatic rings. The zero-order valence-corrected chi connectivity index (χ0v) is 92.3.